The number of rotatable bonds is 4. The van der Waals surface area contributed by atoms with Crippen molar-refractivity contribution < 1.29 is 9.53 Å². The molecule has 1 aromatic rings. The van der Waals surface area contributed by atoms with E-state index in [0.717, 1.165) is 12.8 Å². The lowest BCUT2D eigenvalue weighted by Gasteiger charge is -2.19. The topological polar surface area (TPSA) is 52.3 Å². The van der Waals surface area contributed by atoms with Gasteiger partial charge in [-0.25, -0.2) is 0 Å². The van der Waals surface area contributed by atoms with Crippen molar-refractivity contribution in [1.29, 1.82) is 0 Å². The van der Waals surface area contributed by atoms with Crippen LogP contribution in [0.2, 0.25) is 5.02 Å². The fourth-order valence-corrected chi connectivity index (χ4v) is 2.58. The highest BCUT2D eigenvalue weighted by molar-refractivity contribution is 6.33. The van der Waals surface area contributed by atoms with Crippen molar-refractivity contribution >= 4 is 23.3 Å². The molecule has 2 unspecified atom stereocenters. The summed E-state index contributed by atoms with van der Waals surface area (Å²) in [6, 6.07) is 5.81. The number of hydrogen-bond donors (Lipinski definition) is 1. The van der Waals surface area contributed by atoms with Gasteiger partial charge in [-0.05, 0) is 63.1 Å². The average molecular weight is 296 g/mol. The van der Waals surface area contributed by atoms with E-state index < -0.39 is 5.60 Å². The van der Waals surface area contributed by atoms with Crippen LogP contribution in [0.5, 0.6) is 0 Å². The molecule has 4 heteroatoms. The van der Waals surface area contributed by atoms with Crippen molar-refractivity contribution in [3.63, 3.8) is 0 Å². The average Bonchev–Trinajstić information content (AvgIpc) is 3.07. The molecule has 3 nitrogen and oxygen atoms in total. The molecular weight excluding hydrogens is 274 g/mol. The van der Waals surface area contributed by atoms with E-state index in [1.165, 1.54) is 5.56 Å². The Balaban J connectivity index is 1.81. The number of carbonyl (C=O) groups is 1. The van der Waals surface area contributed by atoms with Gasteiger partial charge in [0.15, 0.2) is 0 Å². The zero-order chi connectivity index (χ0) is 14.9. The molecule has 0 amide bonds. The summed E-state index contributed by atoms with van der Waals surface area (Å²) < 4.78 is 5.32. The van der Waals surface area contributed by atoms with Crippen LogP contribution < -0.4 is 5.73 Å². The first kappa shape index (κ1) is 15.2. The first-order chi connectivity index (χ1) is 9.26. The molecule has 2 atom stereocenters. The quantitative estimate of drug-likeness (QED) is 0.670. The number of esters is 1. The molecule has 2 rings (SSSR count). The largest absolute Gasteiger partial charge is 0.460 e. The van der Waals surface area contributed by atoms with Crippen LogP contribution in [0.3, 0.4) is 0 Å². The van der Waals surface area contributed by atoms with Gasteiger partial charge in [0.2, 0.25) is 0 Å². The standard InChI is InChI=1S/C16H22ClNO2/c1-16(2,3)20-15(19)7-5-10-8-12(10)11-4-6-13(17)14(18)9-11/h4,6,9-10,12H,5,7-8,18H2,1-3H3. The molecular formula is C16H22ClNO2. The maximum Gasteiger partial charge on any atom is 0.306 e. The summed E-state index contributed by atoms with van der Waals surface area (Å²) >= 11 is 5.92. The number of anilines is 1. The third kappa shape index (κ3) is 4.14. The molecule has 0 aliphatic heterocycles. The molecule has 1 aromatic carbocycles. The van der Waals surface area contributed by atoms with Crippen LogP contribution in [0, 0.1) is 5.92 Å². The van der Waals surface area contributed by atoms with Gasteiger partial charge in [-0.1, -0.05) is 17.7 Å². The molecule has 20 heavy (non-hydrogen) atoms. The monoisotopic (exact) mass is 295 g/mol. The smallest absolute Gasteiger partial charge is 0.306 e. The molecule has 1 aliphatic carbocycles. The molecule has 0 bridgehead atoms. The molecule has 0 radical (unpaired) electrons. The number of benzene rings is 1. The van der Waals surface area contributed by atoms with Crippen molar-refractivity contribution in [1.82, 2.24) is 0 Å². The number of halogens is 1. The van der Waals surface area contributed by atoms with Crippen molar-refractivity contribution in [2.24, 2.45) is 5.92 Å². The minimum absolute atomic E-state index is 0.112. The Morgan fingerprint density at radius 3 is 2.75 bits per heavy atom. The molecule has 110 valence electrons. The van der Waals surface area contributed by atoms with Gasteiger partial charge in [0.1, 0.15) is 5.60 Å². The summed E-state index contributed by atoms with van der Waals surface area (Å²) in [5, 5.41) is 0.597. The Labute approximate surface area is 125 Å². The fourth-order valence-electron chi connectivity index (χ4n) is 2.46. The Kier molecular flexibility index (Phi) is 4.28. The van der Waals surface area contributed by atoms with Crippen LogP contribution in [0.4, 0.5) is 5.69 Å². The molecule has 0 saturated heterocycles. The second kappa shape index (κ2) is 5.65. The van der Waals surface area contributed by atoms with Gasteiger partial charge in [-0.15, -0.1) is 0 Å². The van der Waals surface area contributed by atoms with Gasteiger partial charge in [0, 0.05) is 6.42 Å². The minimum atomic E-state index is -0.398. The van der Waals surface area contributed by atoms with Crippen LogP contribution in [-0.2, 0) is 9.53 Å². The Morgan fingerprint density at radius 1 is 1.45 bits per heavy atom. The maximum atomic E-state index is 11.7. The Bertz CT molecular complexity index is 508. The summed E-state index contributed by atoms with van der Waals surface area (Å²) in [4.78, 5) is 11.7. The molecule has 0 aromatic heterocycles. The second-order valence-corrected chi connectivity index (χ2v) is 6.92. The second-order valence-electron chi connectivity index (χ2n) is 6.51. The zero-order valence-corrected chi connectivity index (χ0v) is 13.0. The molecule has 1 aliphatic rings. The van der Waals surface area contributed by atoms with Crippen LogP contribution in [0.25, 0.3) is 0 Å². The van der Waals surface area contributed by atoms with Crippen LogP contribution in [-0.4, -0.2) is 11.6 Å². The van der Waals surface area contributed by atoms with Crippen molar-refractivity contribution in [3.05, 3.63) is 28.8 Å². The summed E-state index contributed by atoms with van der Waals surface area (Å²) in [7, 11) is 0. The molecule has 0 spiro atoms. The SMILES string of the molecule is CC(C)(C)OC(=O)CCC1CC1c1ccc(Cl)c(N)c1. The third-order valence-corrected chi connectivity index (χ3v) is 3.85. The van der Waals surface area contributed by atoms with Crippen molar-refractivity contribution in [3.8, 4) is 0 Å². The predicted octanol–water partition coefficient (Wildman–Crippen LogP) is 4.15. The Hall–Kier alpha value is -1.22. The van der Waals surface area contributed by atoms with E-state index in [0.29, 0.717) is 29.0 Å². The normalized spacial score (nSPS) is 21.6. The number of hydrogen-bond acceptors (Lipinski definition) is 3. The highest BCUT2D eigenvalue weighted by Crippen LogP contribution is 2.50. The van der Waals surface area contributed by atoms with E-state index in [2.05, 4.69) is 0 Å². The van der Waals surface area contributed by atoms with E-state index >= 15 is 0 Å². The molecule has 1 fully saturated rings. The Morgan fingerprint density at radius 2 is 2.15 bits per heavy atom. The van der Waals surface area contributed by atoms with Crippen molar-refractivity contribution in [2.45, 2.75) is 51.6 Å². The van der Waals surface area contributed by atoms with E-state index in [1.807, 2.05) is 39.0 Å². The van der Waals surface area contributed by atoms with Crippen molar-refractivity contribution in [2.75, 3.05) is 5.73 Å². The number of nitrogens with two attached hydrogens (primary N) is 1. The lowest BCUT2D eigenvalue weighted by molar-refractivity contribution is -0.155. The zero-order valence-electron chi connectivity index (χ0n) is 12.3. The summed E-state index contributed by atoms with van der Waals surface area (Å²) in [6.45, 7) is 5.67. The molecule has 2 N–H and O–H groups in total. The maximum absolute atomic E-state index is 11.7. The number of carbonyl (C=O) groups excluding carboxylic acids is 1. The summed E-state index contributed by atoms with van der Waals surface area (Å²) in [5.74, 6) is 0.957. The van der Waals surface area contributed by atoms with Crippen LogP contribution in [0.1, 0.15) is 51.5 Å². The van der Waals surface area contributed by atoms with Crippen LogP contribution in [0.15, 0.2) is 18.2 Å². The highest BCUT2D eigenvalue weighted by atomic mass is 35.5. The van der Waals surface area contributed by atoms with Gasteiger partial charge < -0.3 is 10.5 Å². The minimum Gasteiger partial charge on any atom is -0.460 e. The van der Waals surface area contributed by atoms with Gasteiger partial charge in [-0.2, -0.15) is 0 Å². The fraction of sp³-hybridized carbons (Fsp3) is 0.562. The van der Waals surface area contributed by atoms with Crippen LogP contribution >= 0.6 is 11.6 Å². The predicted molar refractivity (Wildman–Crippen MR) is 81.8 cm³/mol. The first-order valence-corrected chi connectivity index (χ1v) is 7.41. The van der Waals surface area contributed by atoms with E-state index in [1.54, 1.807) is 0 Å². The van der Waals surface area contributed by atoms with E-state index in [9.17, 15) is 4.79 Å². The summed E-state index contributed by atoms with van der Waals surface area (Å²) in [6.07, 6.45) is 2.48. The molecule has 1 saturated carbocycles. The van der Waals surface area contributed by atoms with Gasteiger partial charge in [0.05, 0.1) is 10.7 Å². The number of ether oxygens (including phenoxy) is 1. The number of nitrogen functional groups attached to an aromatic ring is 1. The lowest BCUT2D eigenvalue weighted by Crippen LogP contribution is -2.23. The van der Waals surface area contributed by atoms with E-state index in [-0.39, 0.29) is 5.97 Å². The van der Waals surface area contributed by atoms with Gasteiger partial charge >= 0.3 is 5.97 Å². The van der Waals surface area contributed by atoms with Gasteiger partial charge in [-0.3, -0.25) is 4.79 Å². The van der Waals surface area contributed by atoms with Gasteiger partial charge in [0.25, 0.3) is 0 Å². The lowest BCUT2D eigenvalue weighted by atomic mass is 10.1. The highest BCUT2D eigenvalue weighted by Gasteiger charge is 2.38. The summed E-state index contributed by atoms with van der Waals surface area (Å²) in [5.41, 5.74) is 7.27. The first-order valence-electron chi connectivity index (χ1n) is 7.03. The third-order valence-electron chi connectivity index (χ3n) is 3.51. The van der Waals surface area contributed by atoms with E-state index in [4.69, 9.17) is 22.1 Å². The molecule has 0 heterocycles.